The minimum atomic E-state index is -0.824. The zero-order chi connectivity index (χ0) is 21.1. The van der Waals surface area contributed by atoms with E-state index in [0.29, 0.717) is 6.61 Å². The maximum absolute atomic E-state index is 10.1. The van der Waals surface area contributed by atoms with Gasteiger partial charge in [0.05, 0.1) is 23.2 Å². The number of rotatable bonds is 6. The standard InChI is InChI=1S/C26H26N2O2/c1-4-30-23-14-12-22(13-15-23)28-18-27-24-17-20(9-16-25(24)28)6-5-19-7-10-21(11-8-19)26(2,3)29/h5-18,29H,4H2,1-3H3. The molecule has 4 heteroatoms. The van der Waals surface area contributed by atoms with Crippen molar-refractivity contribution in [2.45, 2.75) is 26.4 Å². The van der Waals surface area contributed by atoms with Gasteiger partial charge in [0.1, 0.15) is 12.1 Å². The lowest BCUT2D eigenvalue weighted by molar-refractivity contribution is 0.0786. The van der Waals surface area contributed by atoms with Crippen LogP contribution in [0.3, 0.4) is 0 Å². The van der Waals surface area contributed by atoms with Gasteiger partial charge in [0, 0.05) is 5.69 Å². The van der Waals surface area contributed by atoms with Gasteiger partial charge in [0.2, 0.25) is 0 Å². The molecule has 1 aromatic heterocycles. The Kier molecular flexibility index (Phi) is 5.42. The van der Waals surface area contributed by atoms with Crippen LogP contribution in [0, 0.1) is 0 Å². The number of nitrogens with zero attached hydrogens (tertiary/aromatic N) is 2. The van der Waals surface area contributed by atoms with E-state index in [4.69, 9.17) is 4.74 Å². The molecule has 0 fully saturated rings. The van der Waals surface area contributed by atoms with Crippen molar-refractivity contribution in [1.82, 2.24) is 9.55 Å². The zero-order valence-electron chi connectivity index (χ0n) is 17.5. The first-order valence-corrected chi connectivity index (χ1v) is 10.2. The Morgan fingerprint density at radius 2 is 1.60 bits per heavy atom. The summed E-state index contributed by atoms with van der Waals surface area (Å²) >= 11 is 0. The van der Waals surface area contributed by atoms with Crippen molar-refractivity contribution < 1.29 is 9.84 Å². The Morgan fingerprint density at radius 1 is 0.933 bits per heavy atom. The van der Waals surface area contributed by atoms with Gasteiger partial charge in [0.25, 0.3) is 0 Å². The highest BCUT2D eigenvalue weighted by molar-refractivity contribution is 5.82. The molecular formula is C26H26N2O2. The van der Waals surface area contributed by atoms with E-state index in [1.165, 1.54) is 0 Å². The van der Waals surface area contributed by atoms with Crippen molar-refractivity contribution >= 4 is 23.2 Å². The third kappa shape index (κ3) is 4.29. The van der Waals surface area contributed by atoms with Crippen LogP contribution in [0.25, 0.3) is 28.9 Å². The third-order valence-electron chi connectivity index (χ3n) is 5.08. The molecule has 0 aliphatic heterocycles. The van der Waals surface area contributed by atoms with E-state index in [9.17, 15) is 5.11 Å². The van der Waals surface area contributed by atoms with Crippen molar-refractivity contribution in [3.8, 4) is 11.4 Å². The van der Waals surface area contributed by atoms with Gasteiger partial charge in [0.15, 0.2) is 0 Å². The van der Waals surface area contributed by atoms with Crippen molar-refractivity contribution in [3.63, 3.8) is 0 Å². The van der Waals surface area contributed by atoms with Crippen molar-refractivity contribution in [2.75, 3.05) is 6.61 Å². The SMILES string of the molecule is CCOc1ccc(-n2cnc3cc(C=Cc4ccc(C(C)(C)O)cc4)ccc32)cc1. The first-order valence-electron chi connectivity index (χ1n) is 10.2. The number of imidazole rings is 1. The van der Waals surface area contributed by atoms with E-state index in [2.05, 4.69) is 39.9 Å². The van der Waals surface area contributed by atoms with Crippen LogP contribution >= 0.6 is 0 Å². The molecule has 4 aromatic rings. The molecule has 3 aromatic carbocycles. The lowest BCUT2D eigenvalue weighted by atomic mass is 9.97. The van der Waals surface area contributed by atoms with Crippen LogP contribution < -0.4 is 4.74 Å². The van der Waals surface area contributed by atoms with Crippen molar-refractivity contribution in [2.24, 2.45) is 0 Å². The van der Waals surface area contributed by atoms with Gasteiger partial charge in [-0.25, -0.2) is 4.98 Å². The molecule has 0 saturated heterocycles. The van der Waals surface area contributed by atoms with Crippen LogP contribution in [0.4, 0.5) is 0 Å². The van der Waals surface area contributed by atoms with E-state index in [0.717, 1.165) is 39.2 Å². The Morgan fingerprint density at radius 3 is 2.27 bits per heavy atom. The van der Waals surface area contributed by atoms with Crippen molar-refractivity contribution in [1.29, 1.82) is 0 Å². The molecule has 1 N–H and O–H groups in total. The summed E-state index contributed by atoms with van der Waals surface area (Å²) in [5.41, 5.74) is 5.32. The number of hydrogen-bond donors (Lipinski definition) is 1. The van der Waals surface area contributed by atoms with Crippen LogP contribution in [-0.4, -0.2) is 21.3 Å². The molecule has 0 spiro atoms. The maximum atomic E-state index is 10.1. The average Bonchev–Trinajstić information content (AvgIpc) is 3.16. The molecule has 0 aliphatic rings. The second-order valence-corrected chi connectivity index (χ2v) is 7.80. The summed E-state index contributed by atoms with van der Waals surface area (Å²) in [6.45, 7) is 6.22. The van der Waals surface area contributed by atoms with Crippen LogP contribution in [0.1, 0.15) is 37.5 Å². The average molecular weight is 399 g/mol. The molecule has 0 atom stereocenters. The fraction of sp³-hybridized carbons (Fsp3) is 0.192. The second-order valence-electron chi connectivity index (χ2n) is 7.80. The highest BCUT2D eigenvalue weighted by atomic mass is 16.5. The number of benzene rings is 3. The topological polar surface area (TPSA) is 47.3 Å². The molecule has 0 saturated carbocycles. The molecule has 152 valence electrons. The summed E-state index contributed by atoms with van der Waals surface area (Å²) in [6.07, 6.45) is 6.00. The summed E-state index contributed by atoms with van der Waals surface area (Å²) < 4.78 is 7.60. The first kappa shape index (κ1) is 19.9. The van der Waals surface area contributed by atoms with Gasteiger partial charge in [-0.2, -0.15) is 0 Å². The van der Waals surface area contributed by atoms with Crippen LogP contribution in [0.2, 0.25) is 0 Å². The van der Waals surface area contributed by atoms with Crippen LogP contribution in [0.15, 0.2) is 73.1 Å². The normalized spacial score (nSPS) is 12.0. The van der Waals surface area contributed by atoms with Gasteiger partial charge in [-0.3, -0.25) is 4.57 Å². The molecule has 0 amide bonds. The number of aliphatic hydroxyl groups is 1. The molecule has 0 aliphatic carbocycles. The zero-order valence-corrected chi connectivity index (χ0v) is 17.5. The van der Waals surface area contributed by atoms with Gasteiger partial charge >= 0.3 is 0 Å². The van der Waals surface area contributed by atoms with Crippen LogP contribution in [0.5, 0.6) is 5.75 Å². The molecule has 1 heterocycles. The first-order chi connectivity index (χ1) is 14.4. The van der Waals surface area contributed by atoms with E-state index < -0.39 is 5.60 Å². The van der Waals surface area contributed by atoms with E-state index in [1.54, 1.807) is 13.8 Å². The van der Waals surface area contributed by atoms with Gasteiger partial charge in [-0.05, 0) is 73.9 Å². The lowest BCUT2D eigenvalue weighted by Gasteiger charge is -2.17. The van der Waals surface area contributed by atoms with E-state index >= 15 is 0 Å². The quantitative estimate of drug-likeness (QED) is 0.416. The number of ether oxygens (including phenoxy) is 1. The molecule has 0 radical (unpaired) electrons. The smallest absolute Gasteiger partial charge is 0.119 e. The summed E-state index contributed by atoms with van der Waals surface area (Å²) in [5.74, 6) is 0.869. The summed E-state index contributed by atoms with van der Waals surface area (Å²) in [5, 5.41) is 10.1. The highest BCUT2D eigenvalue weighted by Gasteiger charge is 2.14. The minimum Gasteiger partial charge on any atom is -0.494 e. The van der Waals surface area contributed by atoms with Crippen molar-refractivity contribution in [3.05, 3.63) is 89.7 Å². The lowest BCUT2D eigenvalue weighted by Crippen LogP contribution is -2.14. The predicted octanol–water partition coefficient (Wildman–Crippen LogP) is 5.82. The van der Waals surface area contributed by atoms with Crippen LogP contribution in [-0.2, 0) is 5.60 Å². The number of fused-ring (bicyclic) bond motifs is 1. The van der Waals surface area contributed by atoms with Gasteiger partial charge in [-0.15, -0.1) is 0 Å². The summed E-state index contributed by atoms with van der Waals surface area (Å²) in [4.78, 5) is 4.58. The fourth-order valence-electron chi connectivity index (χ4n) is 3.40. The Bertz CT molecular complexity index is 1160. The Labute approximate surface area is 177 Å². The minimum absolute atomic E-state index is 0.660. The number of aromatic nitrogens is 2. The summed E-state index contributed by atoms with van der Waals surface area (Å²) in [6, 6.07) is 22.3. The maximum Gasteiger partial charge on any atom is 0.119 e. The predicted molar refractivity (Wildman–Crippen MR) is 123 cm³/mol. The molecule has 4 rings (SSSR count). The monoisotopic (exact) mass is 398 g/mol. The van der Waals surface area contributed by atoms with Gasteiger partial charge < -0.3 is 9.84 Å². The van der Waals surface area contributed by atoms with E-state index in [-0.39, 0.29) is 0 Å². The second kappa shape index (κ2) is 8.17. The molecule has 4 nitrogen and oxygen atoms in total. The van der Waals surface area contributed by atoms with Gasteiger partial charge in [-0.1, -0.05) is 42.5 Å². The molecule has 0 bridgehead atoms. The third-order valence-corrected chi connectivity index (χ3v) is 5.08. The molecule has 30 heavy (non-hydrogen) atoms. The molecular weight excluding hydrogens is 372 g/mol. The Hall–Kier alpha value is -3.37. The molecule has 0 unspecified atom stereocenters. The fourth-order valence-corrected chi connectivity index (χ4v) is 3.40. The summed E-state index contributed by atoms with van der Waals surface area (Å²) in [7, 11) is 0. The number of hydrogen-bond acceptors (Lipinski definition) is 3. The largest absolute Gasteiger partial charge is 0.494 e. The van der Waals surface area contributed by atoms with E-state index in [1.807, 2.05) is 61.8 Å². The highest BCUT2D eigenvalue weighted by Crippen LogP contribution is 2.23. The Balaban J connectivity index is 1.55.